The van der Waals surface area contributed by atoms with Crippen LogP contribution in [0, 0.1) is 13.8 Å². The smallest absolute Gasteiger partial charge is 0.240 e. The minimum atomic E-state index is -3.63. The van der Waals surface area contributed by atoms with Crippen LogP contribution in [0.15, 0.2) is 47.6 Å². The zero-order chi connectivity index (χ0) is 18.4. The summed E-state index contributed by atoms with van der Waals surface area (Å²) in [5.74, 6) is -0.215. The average Bonchev–Trinajstić information content (AvgIpc) is 2.57. The topological polar surface area (TPSA) is 88.2 Å². The summed E-state index contributed by atoms with van der Waals surface area (Å²) in [5.41, 5.74) is 2.49. The highest BCUT2D eigenvalue weighted by Crippen LogP contribution is 2.16. The van der Waals surface area contributed by atoms with Crippen molar-refractivity contribution in [3.8, 4) is 0 Å². The van der Waals surface area contributed by atoms with E-state index in [0.29, 0.717) is 5.56 Å². The number of carbonyl (C=O) groups is 1. The third-order valence-corrected chi connectivity index (χ3v) is 5.46. The molecular formula is C18H23N3O3S. The number of aromatic nitrogens is 1. The van der Waals surface area contributed by atoms with Crippen LogP contribution in [0.1, 0.15) is 36.1 Å². The molecule has 7 heteroatoms. The Kier molecular flexibility index (Phi) is 6.27. The van der Waals surface area contributed by atoms with Crippen LogP contribution in [0.4, 0.5) is 0 Å². The molecule has 2 rings (SSSR count). The fraction of sp³-hybridized carbons (Fsp3) is 0.333. The number of nitrogens with zero attached hydrogens (tertiary/aromatic N) is 1. The van der Waals surface area contributed by atoms with Gasteiger partial charge in [0.25, 0.3) is 0 Å². The molecule has 1 atom stereocenters. The predicted molar refractivity (Wildman–Crippen MR) is 96.5 cm³/mol. The lowest BCUT2D eigenvalue weighted by atomic mass is 10.1. The lowest BCUT2D eigenvalue weighted by Crippen LogP contribution is -2.32. The van der Waals surface area contributed by atoms with Crippen LogP contribution < -0.4 is 10.0 Å². The van der Waals surface area contributed by atoms with E-state index in [1.807, 2.05) is 32.0 Å². The monoisotopic (exact) mass is 361 g/mol. The number of amides is 1. The first-order valence-electron chi connectivity index (χ1n) is 8.06. The van der Waals surface area contributed by atoms with Crippen LogP contribution in [0.3, 0.4) is 0 Å². The van der Waals surface area contributed by atoms with E-state index in [0.717, 1.165) is 11.1 Å². The molecule has 1 amide bonds. The molecular weight excluding hydrogens is 338 g/mol. The second kappa shape index (κ2) is 8.22. The molecule has 0 fully saturated rings. The maximum atomic E-state index is 12.4. The van der Waals surface area contributed by atoms with Gasteiger partial charge in [0.05, 0.1) is 10.9 Å². The van der Waals surface area contributed by atoms with Gasteiger partial charge in [0.15, 0.2) is 0 Å². The number of benzene rings is 1. The number of hydrogen-bond acceptors (Lipinski definition) is 4. The Morgan fingerprint density at radius 3 is 2.52 bits per heavy atom. The first-order chi connectivity index (χ1) is 11.8. The second-order valence-electron chi connectivity index (χ2n) is 5.99. The van der Waals surface area contributed by atoms with E-state index in [-0.39, 0.29) is 29.8 Å². The summed E-state index contributed by atoms with van der Waals surface area (Å²) in [7, 11) is -3.63. The highest BCUT2D eigenvalue weighted by molar-refractivity contribution is 7.89. The quantitative estimate of drug-likeness (QED) is 0.792. The lowest BCUT2D eigenvalue weighted by molar-refractivity contribution is -0.121. The maximum Gasteiger partial charge on any atom is 0.240 e. The summed E-state index contributed by atoms with van der Waals surface area (Å²) < 4.78 is 27.2. The summed E-state index contributed by atoms with van der Waals surface area (Å²) in [5, 5.41) is 2.84. The first-order valence-corrected chi connectivity index (χ1v) is 9.54. The average molecular weight is 361 g/mol. The van der Waals surface area contributed by atoms with Gasteiger partial charge in [-0.05, 0) is 55.7 Å². The molecule has 25 heavy (non-hydrogen) atoms. The van der Waals surface area contributed by atoms with Crippen LogP contribution in [-0.4, -0.2) is 25.9 Å². The first kappa shape index (κ1) is 19.1. The number of carbonyl (C=O) groups excluding carboxylic acids is 1. The summed E-state index contributed by atoms with van der Waals surface area (Å²) in [6, 6.07) is 8.76. The fourth-order valence-corrected chi connectivity index (χ4v) is 3.78. The molecule has 0 aliphatic carbocycles. The summed E-state index contributed by atoms with van der Waals surface area (Å²) in [4.78, 5) is 16.2. The molecule has 134 valence electrons. The van der Waals surface area contributed by atoms with Crippen molar-refractivity contribution in [1.29, 1.82) is 0 Å². The Hall–Kier alpha value is -2.25. The predicted octanol–water partition coefficient (Wildman–Crippen LogP) is 2.24. The molecule has 1 aromatic heterocycles. The van der Waals surface area contributed by atoms with Gasteiger partial charge >= 0.3 is 0 Å². The Morgan fingerprint density at radius 1 is 1.16 bits per heavy atom. The molecule has 1 aromatic carbocycles. The van der Waals surface area contributed by atoms with Gasteiger partial charge in [-0.15, -0.1) is 0 Å². The Morgan fingerprint density at radius 2 is 1.84 bits per heavy atom. The van der Waals surface area contributed by atoms with Crippen LogP contribution in [0.5, 0.6) is 0 Å². The number of pyridine rings is 1. The van der Waals surface area contributed by atoms with Gasteiger partial charge in [-0.2, -0.15) is 0 Å². The minimum absolute atomic E-state index is 0.0462. The number of sulfonamides is 1. The van der Waals surface area contributed by atoms with E-state index in [1.165, 1.54) is 0 Å². The van der Waals surface area contributed by atoms with Crippen molar-refractivity contribution in [2.24, 2.45) is 0 Å². The molecule has 0 spiro atoms. The van der Waals surface area contributed by atoms with Crippen LogP contribution in [-0.2, 0) is 14.8 Å². The molecule has 0 saturated heterocycles. The van der Waals surface area contributed by atoms with E-state index in [4.69, 9.17) is 0 Å². The van der Waals surface area contributed by atoms with Crippen LogP contribution >= 0.6 is 0 Å². The molecule has 1 unspecified atom stereocenters. The third-order valence-electron chi connectivity index (χ3n) is 3.86. The van der Waals surface area contributed by atoms with Crippen molar-refractivity contribution in [1.82, 2.24) is 15.0 Å². The van der Waals surface area contributed by atoms with Crippen molar-refractivity contribution in [3.05, 3.63) is 59.4 Å². The lowest BCUT2D eigenvalue weighted by Gasteiger charge is -2.14. The van der Waals surface area contributed by atoms with Gasteiger partial charge in [0.1, 0.15) is 0 Å². The van der Waals surface area contributed by atoms with E-state index in [2.05, 4.69) is 15.0 Å². The van der Waals surface area contributed by atoms with Gasteiger partial charge in [-0.3, -0.25) is 9.78 Å². The Bertz CT molecular complexity index is 836. The maximum absolute atomic E-state index is 12.4. The molecule has 2 N–H and O–H groups in total. The second-order valence-corrected chi connectivity index (χ2v) is 7.72. The van der Waals surface area contributed by atoms with E-state index in [9.17, 15) is 13.2 Å². The standard InChI is InChI=1S/C18H23N3O3S/c1-13-4-5-14(2)17(12-13)25(23,24)20-11-8-18(22)21-15(3)16-6-9-19-10-7-16/h4-7,9-10,12,15,20H,8,11H2,1-3H3,(H,21,22). The molecule has 0 bridgehead atoms. The third kappa shape index (κ3) is 5.37. The molecule has 1 heterocycles. The normalized spacial score (nSPS) is 12.6. The number of aryl methyl sites for hydroxylation is 2. The Balaban J connectivity index is 1.89. The largest absolute Gasteiger partial charge is 0.350 e. The minimum Gasteiger partial charge on any atom is -0.350 e. The van der Waals surface area contributed by atoms with Crippen LogP contribution in [0.25, 0.3) is 0 Å². The molecule has 0 saturated carbocycles. The van der Waals surface area contributed by atoms with Crippen molar-refractivity contribution < 1.29 is 13.2 Å². The SMILES string of the molecule is Cc1ccc(C)c(S(=O)(=O)NCCC(=O)NC(C)c2ccncc2)c1. The number of nitrogens with one attached hydrogen (secondary N) is 2. The summed E-state index contributed by atoms with van der Waals surface area (Å²) in [6.07, 6.45) is 3.39. The van der Waals surface area contributed by atoms with Crippen molar-refractivity contribution in [2.75, 3.05) is 6.54 Å². The molecule has 0 aliphatic heterocycles. The number of hydrogen-bond donors (Lipinski definition) is 2. The zero-order valence-corrected chi connectivity index (χ0v) is 15.4. The zero-order valence-electron chi connectivity index (χ0n) is 14.6. The van der Waals surface area contributed by atoms with Gasteiger partial charge < -0.3 is 5.32 Å². The molecule has 0 aliphatic rings. The molecule has 2 aromatic rings. The van der Waals surface area contributed by atoms with Gasteiger partial charge in [-0.1, -0.05) is 12.1 Å². The Labute approximate surface area is 148 Å². The van der Waals surface area contributed by atoms with Crippen molar-refractivity contribution >= 4 is 15.9 Å². The van der Waals surface area contributed by atoms with Gasteiger partial charge in [-0.25, -0.2) is 13.1 Å². The van der Waals surface area contributed by atoms with Gasteiger partial charge in [0.2, 0.25) is 15.9 Å². The molecule has 0 radical (unpaired) electrons. The summed E-state index contributed by atoms with van der Waals surface area (Å²) in [6.45, 7) is 5.50. The van der Waals surface area contributed by atoms with Crippen LogP contribution in [0.2, 0.25) is 0 Å². The van der Waals surface area contributed by atoms with E-state index in [1.54, 1.807) is 31.5 Å². The van der Waals surface area contributed by atoms with Crippen molar-refractivity contribution in [3.63, 3.8) is 0 Å². The fourth-order valence-electron chi connectivity index (χ4n) is 2.42. The van der Waals surface area contributed by atoms with Crippen molar-refractivity contribution in [2.45, 2.75) is 38.1 Å². The van der Waals surface area contributed by atoms with E-state index < -0.39 is 10.0 Å². The summed E-state index contributed by atoms with van der Waals surface area (Å²) >= 11 is 0. The molecule has 6 nitrogen and oxygen atoms in total. The highest BCUT2D eigenvalue weighted by Gasteiger charge is 2.17. The number of rotatable bonds is 7. The highest BCUT2D eigenvalue weighted by atomic mass is 32.2. The van der Waals surface area contributed by atoms with E-state index >= 15 is 0 Å². The van der Waals surface area contributed by atoms with Gasteiger partial charge in [0, 0.05) is 25.4 Å².